The van der Waals surface area contributed by atoms with Gasteiger partial charge in [-0.25, -0.2) is 4.39 Å². The number of nitrogens with two attached hydrogens (primary N) is 1. The van der Waals surface area contributed by atoms with E-state index in [-0.39, 0.29) is 18.5 Å². The van der Waals surface area contributed by atoms with Crippen LogP contribution in [0.15, 0.2) is 12.1 Å². The van der Waals surface area contributed by atoms with Crippen molar-refractivity contribution in [2.45, 2.75) is 19.0 Å². The van der Waals surface area contributed by atoms with Crippen molar-refractivity contribution < 1.29 is 26.7 Å². The van der Waals surface area contributed by atoms with Crippen LogP contribution >= 0.6 is 0 Å². The molecular weight excluding hydrogens is 257 g/mol. The average molecular weight is 267 g/mol. The number of alkyl halides is 3. The Morgan fingerprint density at radius 2 is 1.83 bits per heavy atom. The molecule has 0 spiro atoms. The molecule has 0 aromatic heterocycles. The summed E-state index contributed by atoms with van der Waals surface area (Å²) in [4.78, 5) is 0. The fourth-order valence-electron chi connectivity index (χ4n) is 1.56. The van der Waals surface area contributed by atoms with E-state index in [0.717, 1.165) is 12.1 Å². The highest BCUT2D eigenvalue weighted by Crippen LogP contribution is 2.57. The van der Waals surface area contributed by atoms with Crippen LogP contribution in [0, 0.1) is 17.0 Å². The lowest BCUT2D eigenvalue weighted by molar-refractivity contribution is -0.194. The van der Waals surface area contributed by atoms with Crippen LogP contribution < -0.4 is 10.5 Å². The molecule has 0 bridgehead atoms. The van der Waals surface area contributed by atoms with E-state index in [1.54, 1.807) is 0 Å². The molecule has 2 nitrogen and oxygen atoms in total. The van der Waals surface area contributed by atoms with E-state index in [1.165, 1.54) is 0 Å². The van der Waals surface area contributed by atoms with Crippen LogP contribution in [0.2, 0.25) is 0 Å². The van der Waals surface area contributed by atoms with E-state index in [4.69, 9.17) is 10.5 Å². The standard InChI is InChI=1S/C11H10F5NO/c12-6-1-2-7(17)9(8(6)13)18-5-10(3-4-10)11(14,15)16/h1-2H,3-5,17H2. The van der Waals surface area contributed by atoms with Crippen LogP contribution in [-0.4, -0.2) is 12.8 Å². The number of halogens is 5. The molecule has 1 aromatic rings. The first-order valence-electron chi connectivity index (χ1n) is 5.20. The normalized spacial score (nSPS) is 17.6. The van der Waals surface area contributed by atoms with E-state index in [1.807, 2.05) is 0 Å². The molecule has 1 aliphatic rings. The molecular formula is C11H10F5NO. The predicted molar refractivity (Wildman–Crippen MR) is 54.0 cm³/mol. The Morgan fingerprint density at radius 3 is 2.33 bits per heavy atom. The molecule has 1 aromatic carbocycles. The van der Waals surface area contributed by atoms with Crippen molar-refractivity contribution >= 4 is 5.69 Å². The van der Waals surface area contributed by atoms with Crippen LogP contribution in [0.5, 0.6) is 5.75 Å². The molecule has 1 fully saturated rings. The number of ether oxygens (including phenoxy) is 1. The van der Waals surface area contributed by atoms with Gasteiger partial charge in [0, 0.05) is 0 Å². The van der Waals surface area contributed by atoms with Crippen molar-refractivity contribution in [1.29, 1.82) is 0 Å². The topological polar surface area (TPSA) is 35.2 Å². The Morgan fingerprint density at radius 1 is 1.22 bits per heavy atom. The number of anilines is 1. The summed E-state index contributed by atoms with van der Waals surface area (Å²) in [7, 11) is 0. The van der Waals surface area contributed by atoms with Gasteiger partial charge in [-0.1, -0.05) is 0 Å². The van der Waals surface area contributed by atoms with Gasteiger partial charge in [0.15, 0.2) is 11.6 Å². The van der Waals surface area contributed by atoms with Gasteiger partial charge >= 0.3 is 6.18 Å². The summed E-state index contributed by atoms with van der Waals surface area (Å²) in [5.74, 6) is -3.24. The maximum absolute atomic E-state index is 13.3. The molecule has 0 heterocycles. The van der Waals surface area contributed by atoms with Crippen LogP contribution in [0.3, 0.4) is 0 Å². The highest BCUT2D eigenvalue weighted by molar-refractivity contribution is 5.53. The number of hydrogen-bond donors (Lipinski definition) is 1. The zero-order chi connectivity index (χ0) is 13.6. The molecule has 0 radical (unpaired) electrons. The van der Waals surface area contributed by atoms with Gasteiger partial charge in [0.1, 0.15) is 12.0 Å². The summed E-state index contributed by atoms with van der Waals surface area (Å²) in [6.45, 7) is -0.749. The SMILES string of the molecule is Nc1ccc(F)c(F)c1OCC1(C(F)(F)F)CC1. The van der Waals surface area contributed by atoms with Crippen molar-refractivity contribution in [3.05, 3.63) is 23.8 Å². The Kier molecular flexibility index (Phi) is 2.87. The second-order valence-corrected chi connectivity index (χ2v) is 4.35. The summed E-state index contributed by atoms with van der Waals surface area (Å²) in [5, 5.41) is 0. The van der Waals surface area contributed by atoms with Gasteiger partial charge < -0.3 is 10.5 Å². The molecule has 1 aliphatic carbocycles. The first-order valence-corrected chi connectivity index (χ1v) is 5.20. The molecule has 0 unspecified atom stereocenters. The van der Waals surface area contributed by atoms with Gasteiger partial charge in [0.05, 0.1) is 5.69 Å². The fourth-order valence-corrected chi connectivity index (χ4v) is 1.56. The highest BCUT2D eigenvalue weighted by Gasteiger charge is 2.64. The largest absolute Gasteiger partial charge is 0.487 e. The lowest BCUT2D eigenvalue weighted by atomic mass is 10.1. The summed E-state index contributed by atoms with van der Waals surface area (Å²) in [6.07, 6.45) is -4.56. The first kappa shape index (κ1) is 12.9. The predicted octanol–water partition coefficient (Wildman–Crippen LogP) is 3.27. The third kappa shape index (κ3) is 2.09. The number of rotatable bonds is 3. The molecule has 18 heavy (non-hydrogen) atoms. The quantitative estimate of drug-likeness (QED) is 0.673. The minimum absolute atomic E-state index is 0.0761. The van der Waals surface area contributed by atoms with E-state index < -0.39 is 35.6 Å². The molecule has 0 aliphatic heterocycles. The fraction of sp³-hybridized carbons (Fsp3) is 0.455. The Bertz CT molecular complexity index is 467. The summed E-state index contributed by atoms with van der Waals surface area (Å²) < 4.78 is 68.7. The van der Waals surface area contributed by atoms with Gasteiger partial charge in [-0.3, -0.25) is 0 Å². The molecule has 1 saturated carbocycles. The zero-order valence-corrected chi connectivity index (χ0v) is 9.15. The van der Waals surface area contributed by atoms with E-state index in [0.29, 0.717) is 0 Å². The minimum atomic E-state index is -4.41. The maximum Gasteiger partial charge on any atom is 0.397 e. The molecule has 7 heteroatoms. The van der Waals surface area contributed by atoms with Crippen molar-refractivity contribution in [3.63, 3.8) is 0 Å². The van der Waals surface area contributed by atoms with Crippen molar-refractivity contribution in [2.24, 2.45) is 5.41 Å². The summed E-state index contributed by atoms with van der Waals surface area (Å²) in [5.41, 5.74) is 3.16. The van der Waals surface area contributed by atoms with Gasteiger partial charge in [-0.2, -0.15) is 17.6 Å². The molecule has 0 saturated heterocycles. The van der Waals surface area contributed by atoms with Crippen LogP contribution in [0.25, 0.3) is 0 Å². The van der Waals surface area contributed by atoms with E-state index in [2.05, 4.69) is 0 Å². The molecule has 100 valence electrons. The van der Waals surface area contributed by atoms with Gasteiger partial charge in [0.2, 0.25) is 5.82 Å². The van der Waals surface area contributed by atoms with Gasteiger partial charge in [-0.05, 0) is 25.0 Å². The number of nitrogen functional groups attached to an aromatic ring is 1. The summed E-state index contributed by atoms with van der Waals surface area (Å²) in [6, 6.07) is 1.83. The Labute approximate surface area is 99.5 Å². The van der Waals surface area contributed by atoms with Gasteiger partial charge in [0.25, 0.3) is 0 Å². The van der Waals surface area contributed by atoms with E-state index in [9.17, 15) is 22.0 Å². The molecule has 0 amide bonds. The smallest absolute Gasteiger partial charge is 0.397 e. The molecule has 2 N–H and O–H groups in total. The van der Waals surface area contributed by atoms with Crippen molar-refractivity contribution in [2.75, 3.05) is 12.3 Å². The van der Waals surface area contributed by atoms with Crippen LogP contribution in [0.1, 0.15) is 12.8 Å². The lowest BCUT2D eigenvalue weighted by Gasteiger charge is -2.20. The zero-order valence-electron chi connectivity index (χ0n) is 9.15. The van der Waals surface area contributed by atoms with Gasteiger partial charge in [-0.15, -0.1) is 0 Å². The second kappa shape index (κ2) is 4.00. The number of benzene rings is 1. The third-order valence-corrected chi connectivity index (χ3v) is 3.03. The van der Waals surface area contributed by atoms with Crippen molar-refractivity contribution in [1.82, 2.24) is 0 Å². The molecule has 2 rings (SSSR count). The third-order valence-electron chi connectivity index (χ3n) is 3.03. The Balaban J connectivity index is 2.15. The number of hydrogen-bond acceptors (Lipinski definition) is 2. The van der Waals surface area contributed by atoms with Crippen molar-refractivity contribution in [3.8, 4) is 5.75 Å². The van der Waals surface area contributed by atoms with E-state index >= 15 is 0 Å². The van der Waals surface area contributed by atoms with Crippen LogP contribution in [0.4, 0.5) is 27.6 Å². The highest BCUT2D eigenvalue weighted by atomic mass is 19.4. The minimum Gasteiger partial charge on any atom is -0.487 e. The van der Waals surface area contributed by atoms with Crippen LogP contribution in [-0.2, 0) is 0 Å². The second-order valence-electron chi connectivity index (χ2n) is 4.35. The maximum atomic E-state index is 13.3. The lowest BCUT2D eigenvalue weighted by Crippen LogP contribution is -2.30. The average Bonchev–Trinajstić information content (AvgIpc) is 3.04. The summed E-state index contributed by atoms with van der Waals surface area (Å²) >= 11 is 0. The molecule has 0 atom stereocenters. The Hall–Kier alpha value is -1.53. The monoisotopic (exact) mass is 267 g/mol. The first-order chi connectivity index (χ1) is 8.27.